The second-order valence-corrected chi connectivity index (χ2v) is 8.60. The minimum atomic E-state index is -0.316. The predicted octanol–water partition coefficient (Wildman–Crippen LogP) is 2.86. The molecule has 1 aromatic heterocycles. The zero-order valence-electron chi connectivity index (χ0n) is 9.51. The zero-order chi connectivity index (χ0) is 12.0. The van der Waals surface area contributed by atoms with E-state index in [9.17, 15) is 4.79 Å². The van der Waals surface area contributed by atoms with Gasteiger partial charge in [0.05, 0.1) is 5.69 Å². The highest BCUT2D eigenvalue weighted by Gasteiger charge is 2.35. The Balaban J connectivity index is 2.25. The summed E-state index contributed by atoms with van der Waals surface area (Å²) in [6.07, 6.45) is 6.10. The fourth-order valence-electron chi connectivity index (χ4n) is 2.75. The lowest BCUT2D eigenvalue weighted by molar-refractivity contribution is 0.465. The van der Waals surface area contributed by atoms with Crippen molar-refractivity contribution in [3.8, 4) is 0 Å². The average molecular weight is 362 g/mol. The number of alkyl halides is 2. The molecular formula is C12H14Br2N2O. The van der Waals surface area contributed by atoms with Gasteiger partial charge < -0.3 is 0 Å². The molecule has 2 heterocycles. The second kappa shape index (κ2) is 4.19. The van der Waals surface area contributed by atoms with Gasteiger partial charge in [-0.3, -0.25) is 9.36 Å². The average Bonchev–Trinajstić information content (AvgIpc) is 2.31. The van der Waals surface area contributed by atoms with E-state index >= 15 is 0 Å². The third-order valence-electron chi connectivity index (χ3n) is 3.64. The molecule has 2 aliphatic rings. The van der Waals surface area contributed by atoms with Crippen molar-refractivity contribution in [2.45, 2.75) is 48.3 Å². The van der Waals surface area contributed by atoms with Crippen molar-refractivity contribution in [1.29, 1.82) is 0 Å². The van der Waals surface area contributed by atoms with Crippen molar-refractivity contribution >= 4 is 31.9 Å². The van der Waals surface area contributed by atoms with Gasteiger partial charge in [-0.15, -0.1) is 0 Å². The van der Waals surface area contributed by atoms with Crippen molar-refractivity contribution < 1.29 is 0 Å². The lowest BCUT2D eigenvalue weighted by atomic mass is 9.96. The summed E-state index contributed by atoms with van der Waals surface area (Å²) in [6, 6.07) is 0. The van der Waals surface area contributed by atoms with Crippen molar-refractivity contribution in [3.05, 3.63) is 27.4 Å². The number of nitrogens with zero attached hydrogens (tertiary/aromatic N) is 2. The number of aromatic nitrogens is 2. The third kappa shape index (κ3) is 1.91. The zero-order valence-corrected chi connectivity index (χ0v) is 12.7. The van der Waals surface area contributed by atoms with Crippen LogP contribution in [0.1, 0.15) is 42.8 Å². The van der Waals surface area contributed by atoms with Crippen molar-refractivity contribution in [2.24, 2.45) is 0 Å². The van der Waals surface area contributed by atoms with E-state index in [1.54, 1.807) is 0 Å². The van der Waals surface area contributed by atoms with E-state index in [0.29, 0.717) is 0 Å². The molecule has 0 aromatic carbocycles. The van der Waals surface area contributed by atoms with Crippen LogP contribution in [0.5, 0.6) is 0 Å². The first-order chi connectivity index (χ1) is 8.09. The Labute approximate surface area is 117 Å². The highest BCUT2D eigenvalue weighted by atomic mass is 79.9. The number of fused-ring (bicyclic) bond motifs is 2. The third-order valence-corrected chi connectivity index (χ3v) is 5.14. The molecule has 0 spiro atoms. The number of aryl methyl sites for hydroxylation is 1. The lowest BCUT2D eigenvalue weighted by Gasteiger charge is -2.30. The van der Waals surface area contributed by atoms with Crippen LogP contribution in [0.25, 0.3) is 0 Å². The van der Waals surface area contributed by atoms with Crippen LogP contribution in [0.15, 0.2) is 4.79 Å². The summed E-state index contributed by atoms with van der Waals surface area (Å²) in [5, 5.41) is 0. The number of rotatable bonds is 0. The molecule has 1 aliphatic carbocycles. The van der Waals surface area contributed by atoms with Crippen molar-refractivity contribution in [3.63, 3.8) is 0 Å². The van der Waals surface area contributed by atoms with Crippen LogP contribution in [0, 0.1) is 0 Å². The molecule has 92 valence electrons. The van der Waals surface area contributed by atoms with E-state index in [-0.39, 0.29) is 8.79 Å². The smallest absolute Gasteiger partial charge is 0.257 e. The van der Waals surface area contributed by atoms with Crippen molar-refractivity contribution in [1.82, 2.24) is 9.55 Å². The van der Waals surface area contributed by atoms with Gasteiger partial charge in [-0.25, -0.2) is 4.98 Å². The Morgan fingerprint density at radius 3 is 2.76 bits per heavy atom. The summed E-state index contributed by atoms with van der Waals surface area (Å²) < 4.78 is 1.53. The summed E-state index contributed by atoms with van der Waals surface area (Å²) in [4.78, 5) is 17.2. The van der Waals surface area contributed by atoms with E-state index in [0.717, 1.165) is 62.2 Å². The Kier molecular flexibility index (Phi) is 2.94. The molecule has 3 rings (SSSR count). The Bertz CT molecular complexity index is 522. The fraction of sp³-hybridized carbons (Fsp3) is 0.667. The maximum atomic E-state index is 12.4. The SMILES string of the molecule is O=c1c2c(nc3n1CCCC3(Br)Br)CCCC2. The summed E-state index contributed by atoms with van der Waals surface area (Å²) in [7, 11) is 0. The van der Waals surface area contributed by atoms with Crippen LogP contribution >= 0.6 is 31.9 Å². The van der Waals surface area contributed by atoms with Gasteiger partial charge in [-0.05, 0) is 38.5 Å². The molecule has 1 aromatic rings. The molecule has 5 heteroatoms. The Hall–Kier alpha value is -0.160. The standard InChI is InChI=1S/C12H14Br2N2O/c13-12(14)6-3-7-16-10(17)8-4-1-2-5-9(8)15-11(12)16/h1-7H2. The lowest BCUT2D eigenvalue weighted by Crippen LogP contribution is -2.38. The van der Waals surface area contributed by atoms with Crippen molar-refractivity contribution in [2.75, 3.05) is 0 Å². The molecule has 0 amide bonds. The van der Waals surface area contributed by atoms with E-state index in [1.807, 2.05) is 4.57 Å². The molecule has 0 radical (unpaired) electrons. The Morgan fingerprint density at radius 2 is 1.94 bits per heavy atom. The molecule has 1 aliphatic heterocycles. The molecule has 0 N–H and O–H groups in total. The van der Waals surface area contributed by atoms with Crippen LogP contribution in [-0.2, 0) is 22.6 Å². The first kappa shape index (κ1) is 11.9. The topological polar surface area (TPSA) is 34.9 Å². The van der Waals surface area contributed by atoms with Gasteiger partial charge in [0.25, 0.3) is 5.56 Å². The van der Waals surface area contributed by atoms with Crippen LogP contribution in [0.3, 0.4) is 0 Å². The number of halogens is 2. The summed E-state index contributed by atoms with van der Waals surface area (Å²) in [5.74, 6) is 0.856. The molecular weight excluding hydrogens is 348 g/mol. The summed E-state index contributed by atoms with van der Waals surface area (Å²) in [6.45, 7) is 0.799. The molecule has 0 fully saturated rings. The minimum Gasteiger partial charge on any atom is -0.295 e. The maximum absolute atomic E-state index is 12.4. The van der Waals surface area contributed by atoms with Gasteiger partial charge in [0.2, 0.25) is 0 Å². The maximum Gasteiger partial charge on any atom is 0.257 e. The molecule has 0 unspecified atom stereocenters. The quantitative estimate of drug-likeness (QED) is 0.666. The monoisotopic (exact) mass is 360 g/mol. The van der Waals surface area contributed by atoms with Gasteiger partial charge in [0.15, 0.2) is 0 Å². The van der Waals surface area contributed by atoms with E-state index in [4.69, 9.17) is 4.98 Å². The number of hydrogen-bond acceptors (Lipinski definition) is 2. The van der Waals surface area contributed by atoms with Gasteiger partial charge in [0, 0.05) is 12.1 Å². The molecule has 3 nitrogen and oxygen atoms in total. The van der Waals surface area contributed by atoms with Crippen LogP contribution in [-0.4, -0.2) is 9.55 Å². The molecule has 0 atom stereocenters. The fourth-order valence-corrected chi connectivity index (χ4v) is 3.91. The second-order valence-electron chi connectivity index (χ2n) is 4.83. The van der Waals surface area contributed by atoms with Crippen LogP contribution in [0.2, 0.25) is 0 Å². The highest BCUT2D eigenvalue weighted by molar-refractivity contribution is 9.24. The van der Waals surface area contributed by atoms with E-state index < -0.39 is 0 Å². The van der Waals surface area contributed by atoms with E-state index in [1.165, 1.54) is 0 Å². The Morgan fingerprint density at radius 1 is 1.18 bits per heavy atom. The normalized spacial score (nSPS) is 21.8. The van der Waals surface area contributed by atoms with Gasteiger partial charge in [-0.1, -0.05) is 31.9 Å². The van der Waals surface area contributed by atoms with Crippen LogP contribution in [0.4, 0.5) is 0 Å². The highest BCUT2D eigenvalue weighted by Crippen LogP contribution is 2.43. The first-order valence-electron chi connectivity index (χ1n) is 6.10. The predicted molar refractivity (Wildman–Crippen MR) is 73.9 cm³/mol. The first-order valence-corrected chi connectivity index (χ1v) is 7.69. The summed E-state index contributed by atoms with van der Waals surface area (Å²) >= 11 is 7.30. The number of hydrogen-bond donors (Lipinski definition) is 0. The molecule has 0 saturated heterocycles. The minimum absolute atomic E-state index is 0.188. The largest absolute Gasteiger partial charge is 0.295 e. The van der Waals surface area contributed by atoms with Gasteiger partial charge in [-0.2, -0.15) is 0 Å². The van der Waals surface area contributed by atoms with Crippen LogP contribution < -0.4 is 5.56 Å². The van der Waals surface area contributed by atoms with Gasteiger partial charge >= 0.3 is 0 Å². The summed E-state index contributed by atoms with van der Waals surface area (Å²) in [5.41, 5.74) is 2.17. The van der Waals surface area contributed by atoms with E-state index in [2.05, 4.69) is 31.9 Å². The molecule has 17 heavy (non-hydrogen) atoms. The van der Waals surface area contributed by atoms with Gasteiger partial charge in [0.1, 0.15) is 9.06 Å². The molecule has 0 bridgehead atoms. The molecule has 0 saturated carbocycles.